The third-order valence-electron chi connectivity index (χ3n) is 2.68. The summed E-state index contributed by atoms with van der Waals surface area (Å²) >= 11 is 0. The Hall–Kier alpha value is -0.160. The molecule has 0 aliphatic heterocycles. The zero-order valence-corrected chi connectivity index (χ0v) is 9.05. The van der Waals surface area contributed by atoms with Gasteiger partial charge in [0.15, 0.2) is 0 Å². The Labute approximate surface area is 86.1 Å². The van der Waals surface area contributed by atoms with Gasteiger partial charge in [-0.3, -0.25) is 0 Å². The van der Waals surface area contributed by atoms with Crippen LogP contribution in [0.1, 0.15) is 19.3 Å². The number of nitrogens with one attached hydrogen (secondary N) is 1. The van der Waals surface area contributed by atoms with E-state index in [1.165, 1.54) is 6.42 Å². The summed E-state index contributed by atoms with van der Waals surface area (Å²) in [7, 11) is 1.68. The molecule has 0 bridgehead atoms. The molecule has 0 unspecified atom stereocenters. The maximum absolute atomic E-state index is 6.04. The van der Waals surface area contributed by atoms with Crippen molar-refractivity contribution in [3.63, 3.8) is 0 Å². The van der Waals surface area contributed by atoms with E-state index in [1.54, 1.807) is 7.11 Å². The average molecular weight is 202 g/mol. The van der Waals surface area contributed by atoms with E-state index in [1.807, 2.05) is 0 Å². The van der Waals surface area contributed by atoms with Gasteiger partial charge < -0.3 is 20.5 Å². The second-order valence-electron chi connectivity index (χ2n) is 4.00. The van der Waals surface area contributed by atoms with Crippen molar-refractivity contribution in [2.45, 2.75) is 24.8 Å². The molecule has 1 saturated carbocycles. The van der Waals surface area contributed by atoms with E-state index in [9.17, 15) is 0 Å². The Morgan fingerprint density at radius 3 is 2.64 bits per heavy atom. The lowest BCUT2D eigenvalue weighted by atomic mass is 9.78. The predicted molar refractivity (Wildman–Crippen MR) is 56.3 cm³/mol. The summed E-state index contributed by atoms with van der Waals surface area (Å²) in [6.45, 7) is 3.87. The summed E-state index contributed by atoms with van der Waals surface area (Å²) in [6, 6.07) is 0. The first-order chi connectivity index (χ1) is 6.77. The molecule has 0 amide bonds. The molecule has 0 aromatic rings. The van der Waals surface area contributed by atoms with Crippen molar-refractivity contribution in [3.8, 4) is 0 Å². The van der Waals surface area contributed by atoms with Gasteiger partial charge in [-0.1, -0.05) is 0 Å². The molecule has 14 heavy (non-hydrogen) atoms. The van der Waals surface area contributed by atoms with Crippen LogP contribution in [0.25, 0.3) is 0 Å². The topological polar surface area (TPSA) is 56.5 Å². The highest BCUT2D eigenvalue weighted by Crippen LogP contribution is 2.27. The standard InChI is InChI=1S/C10H22N2O2/c1-13-7-8-14-6-5-12-9-10(11)3-2-4-10/h12H,2-9,11H2,1H3. The van der Waals surface area contributed by atoms with Gasteiger partial charge in [-0.15, -0.1) is 0 Å². The van der Waals surface area contributed by atoms with Crippen molar-refractivity contribution < 1.29 is 9.47 Å². The molecule has 0 atom stereocenters. The summed E-state index contributed by atoms with van der Waals surface area (Å²) in [4.78, 5) is 0. The normalized spacial score (nSPS) is 19.3. The van der Waals surface area contributed by atoms with Gasteiger partial charge in [-0.25, -0.2) is 0 Å². The predicted octanol–water partition coefficient (Wildman–Crippen LogP) is 0.120. The summed E-state index contributed by atoms with van der Waals surface area (Å²) < 4.78 is 10.2. The molecule has 4 nitrogen and oxygen atoms in total. The quantitative estimate of drug-likeness (QED) is 0.549. The maximum Gasteiger partial charge on any atom is 0.0700 e. The fourth-order valence-electron chi connectivity index (χ4n) is 1.53. The number of nitrogens with two attached hydrogens (primary N) is 1. The third kappa shape index (κ3) is 4.37. The first kappa shape index (κ1) is 11.9. The van der Waals surface area contributed by atoms with Crippen LogP contribution in [-0.4, -0.2) is 45.6 Å². The van der Waals surface area contributed by atoms with Crippen LogP contribution in [0.15, 0.2) is 0 Å². The highest BCUT2D eigenvalue weighted by Gasteiger charge is 2.31. The van der Waals surface area contributed by atoms with Crippen LogP contribution < -0.4 is 11.1 Å². The molecule has 1 fully saturated rings. The third-order valence-corrected chi connectivity index (χ3v) is 2.68. The minimum atomic E-state index is 0.0759. The molecular formula is C10H22N2O2. The number of methoxy groups -OCH3 is 1. The summed E-state index contributed by atoms with van der Waals surface area (Å²) in [5.41, 5.74) is 6.12. The SMILES string of the molecule is COCCOCCNCC1(N)CCC1. The van der Waals surface area contributed by atoms with E-state index in [0.29, 0.717) is 13.2 Å². The monoisotopic (exact) mass is 202 g/mol. The van der Waals surface area contributed by atoms with E-state index in [0.717, 1.165) is 32.5 Å². The zero-order chi connectivity index (χ0) is 10.3. The van der Waals surface area contributed by atoms with Crippen molar-refractivity contribution in [1.29, 1.82) is 0 Å². The van der Waals surface area contributed by atoms with Crippen LogP contribution in [-0.2, 0) is 9.47 Å². The molecule has 0 aromatic carbocycles. The average Bonchev–Trinajstić information content (AvgIpc) is 2.14. The zero-order valence-electron chi connectivity index (χ0n) is 9.05. The van der Waals surface area contributed by atoms with E-state index in [2.05, 4.69) is 5.32 Å². The van der Waals surface area contributed by atoms with Crippen molar-refractivity contribution >= 4 is 0 Å². The molecule has 1 aliphatic carbocycles. The Morgan fingerprint density at radius 1 is 1.29 bits per heavy atom. The molecule has 1 rings (SSSR count). The molecule has 0 saturated heterocycles. The minimum absolute atomic E-state index is 0.0759. The van der Waals surface area contributed by atoms with E-state index < -0.39 is 0 Å². The number of ether oxygens (including phenoxy) is 2. The summed E-state index contributed by atoms with van der Waals surface area (Å²) in [5, 5.41) is 3.31. The smallest absolute Gasteiger partial charge is 0.0700 e. The van der Waals surface area contributed by atoms with Crippen LogP contribution >= 0.6 is 0 Å². The van der Waals surface area contributed by atoms with E-state index in [4.69, 9.17) is 15.2 Å². The van der Waals surface area contributed by atoms with E-state index in [-0.39, 0.29) is 5.54 Å². The minimum Gasteiger partial charge on any atom is -0.382 e. The van der Waals surface area contributed by atoms with Gasteiger partial charge in [-0.2, -0.15) is 0 Å². The molecule has 1 aliphatic rings. The van der Waals surface area contributed by atoms with Gasteiger partial charge in [0.25, 0.3) is 0 Å². The largest absolute Gasteiger partial charge is 0.382 e. The van der Waals surface area contributed by atoms with Crippen LogP contribution in [0, 0.1) is 0 Å². The lowest BCUT2D eigenvalue weighted by molar-refractivity contribution is 0.0709. The van der Waals surface area contributed by atoms with Gasteiger partial charge in [0, 0.05) is 25.7 Å². The Bertz CT molecular complexity index is 149. The molecule has 84 valence electrons. The van der Waals surface area contributed by atoms with Gasteiger partial charge in [-0.05, 0) is 19.3 Å². The van der Waals surface area contributed by atoms with Crippen molar-refractivity contribution in [3.05, 3.63) is 0 Å². The second kappa shape index (κ2) is 6.35. The van der Waals surface area contributed by atoms with Crippen molar-refractivity contribution in [1.82, 2.24) is 5.32 Å². The second-order valence-corrected chi connectivity index (χ2v) is 4.00. The van der Waals surface area contributed by atoms with Crippen LogP contribution in [0.3, 0.4) is 0 Å². The highest BCUT2D eigenvalue weighted by atomic mass is 16.5. The Morgan fingerprint density at radius 2 is 2.07 bits per heavy atom. The van der Waals surface area contributed by atoms with Crippen molar-refractivity contribution in [2.75, 3.05) is 40.0 Å². The van der Waals surface area contributed by atoms with Crippen LogP contribution in [0.2, 0.25) is 0 Å². The highest BCUT2D eigenvalue weighted by molar-refractivity contribution is 4.94. The van der Waals surface area contributed by atoms with Gasteiger partial charge in [0.05, 0.1) is 19.8 Å². The lowest BCUT2D eigenvalue weighted by Gasteiger charge is -2.38. The Balaban J connectivity index is 1.80. The van der Waals surface area contributed by atoms with Gasteiger partial charge in [0.1, 0.15) is 0 Å². The summed E-state index contributed by atoms with van der Waals surface area (Å²) in [5.74, 6) is 0. The molecular weight excluding hydrogens is 180 g/mol. The molecule has 4 heteroatoms. The number of hydrogen-bond acceptors (Lipinski definition) is 4. The van der Waals surface area contributed by atoms with E-state index >= 15 is 0 Å². The molecule has 3 N–H and O–H groups in total. The maximum atomic E-state index is 6.04. The van der Waals surface area contributed by atoms with Gasteiger partial charge >= 0.3 is 0 Å². The first-order valence-corrected chi connectivity index (χ1v) is 5.33. The fourth-order valence-corrected chi connectivity index (χ4v) is 1.53. The number of rotatable bonds is 8. The fraction of sp³-hybridized carbons (Fsp3) is 1.00. The molecule has 0 spiro atoms. The first-order valence-electron chi connectivity index (χ1n) is 5.33. The molecule has 0 heterocycles. The summed E-state index contributed by atoms with van der Waals surface area (Å²) in [6.07, 6.45) is 3.59. The van der Waals surface area contributed by atoms with Crippen molar-refractivity contribution in [2.24, 2.45) is 5.73 Å². The van der Waals surface area contributed by atoms with Gasteiger partial charge in [0.2, 0.25) is 0 Å². The molecule has 0 radical (unpaired) electrons. The molecule has 0 aromatic heterocycles. The van der Waals surface area contributed by atoms with Crippen LogP contribution in [0.5, 0.6) is 0 Å². The lowest BCUT2D eigenvalue weighted by Crippen LogP contribution is -2.54. The Kier molecular flexibility index (Phi) is 5.40. The number of hydrogen-bond donors (Lipinski definition) is 2. The van der Waals surface area contributed by atoms with Crippen LogP contribution in [0.4, 0.5) is 0 Å².